The van der Waals surface area contributed by atoms with Gasteiger partial charge in [0, 0.05) is 9.97 Å². The summed E-state index contributed by atoms with van der Waals surface area (Å²) in [5.74, 6) is 0. The van der Waals surface area contributed by atoms with Crippen LogP contribution < -0.4 is 0 Å². The second-order valence-electron chi connectivity index (χ2n) is 5.69. The molecule has 3 rings (SSSR count). The lowest BCUT2D eigenvalue weighted by Gasteiger charge is -2.46. The van der Waals surface area contributed by atoms with Crippen molar-refractivity contribution in [2.75, 3.05) is 13.1 Å². The van der Waals surface area contributed by atoms with Crippen molar-refractivity contribution in [2.45, 2.75) is 48.4 Å². The maximum Gasteiger partial charge on any atom is 0.0735 e. The summed E-state index contributed by atoms with van der Waals surface area (Å²) >= 11 is 2.59. The molecule has 1 heterocycles. The molecule has 2 unspecified atom stereocenters. The number of ether oxygens (including phenoxy) is 1. The molecular weight excluding hydrogens is 349 g/mol. The van der Waals surface area contributed by atoms with Gasteiger partial charge in [-0.1, -0.05) is 52.9 Å². The van der Waals surface area contributed by atoms with E-state index in [1.54, 1.807) is 0 Å². The van der Waals surface area contributed by atoms with Crippen molar-refractivity contribution < 1.29 is 4.74 Å². The summed E-state index contributed by atoms with van der Waals surface area (Å²) < 4.78 is 7.00. The molecule has 2 aliphatic rings. The van der Waals surface area contributed by atoms with E-state index in [0.29, 0.717) is 12.1 Å². The van der Waals surface area contributed by atoms with Crippen LogP contribution in [-0.2, 0) is 11.3 Å². The van der Waals surface area contributed by atoms with E-state index in [4.69, 9.17) is 4.74 Å². The minimum Gasteiger partial charge on any atom is -0.372 e. The van der Waals surface area contributed by atoms with E-state index >= 15 is 0 Å². The molecule has 2 nitrogen and oxygen atoms in total. The normalized spacial score (nSPS) is 29.1. The molecular formula is C16H22INO. The number of likely N-dealkylation sites (tertiary alicyclic amines) is 1. The quantitative estimate of drug-likeness (QED) is 0.592. The SMILES string of the molecule is IC1CCN(C2CCC2OCc2ccccc2)CC1. The predicted molar refractivity (Wildman–Crippen MR) is 86.7 cm³/mol. The van der Waals surface area contributed by atoms with Crippen molar-refractivity contribution in [3.8, 4) is 0 Å². The Labute approximate surface area is 129 Å². The van der Waals surface area contributed by atoms with Crippen LogP contribution in [0.5, 0.6) is 0 Å². The van der Waals surface area contributed by atoms with E-state index in [2.05, 4.69) is 57.8 Å². The number of nitrogens with zero attached hydrogens (tertiary/aromatic N) is 1. The summed E-state index contributed by atoms with van der Waals surface area (Å²) in [6, 6.07) is 11.2. The Hall–Kier alpha value is -0.130. The highest BCUT2D eigenvalue weighted by Gasteiger charge is 2.37. The van der Waals surface area contributed by atoms with E-state index in [-0.39, 0.29) is 0 Å². The molecule has 0 aromatic heterocycles. The van der Waals surface area contributed by atoms with Gasteiger partial charge in [0.05, 0.1) is 12.7 Å². The average Bonchev–Trinajstić information content (AvgIpc) is 2.41. The average molecular weight is 371 g/mol. The van der Waals surface area contributed by atoms with Gasteiger partial charge in [-0.05, 0) is 44.3 Å². The number of rotatable bonds is 4. The van der Waals surface area contributed by atoms with Crippen LogP contribution in [-0.4, -0.2) is 34.1 Å². The molecule has 0 bridgehead atoms. The molecule has 1 aliphatic carbocycles. The molecule has 19 heavy (non-hydrogen) atoms. The lowest BCUT2D eigenvalue weighted by Crippen LogP contribution is -2.54. The summed E-state index contributed by atoms with van der Waals surface area (Å²) in [7, 11) is 0. The second-order valence-corrected chi connectivity index (χ2v) is 7.45. The van der Waals surface area contributed by atoms with Crippen LogP contribution in [0.25, 0.3) is 0 Å². The molecule has 104 valence electrons. The van der Waals surface area contributed by atoms with E-state index in [1.807, 2.05) is 0 Å². The maximum absolute atomic E-state index is 6.11. The van der Waals surface area contributed by atoms with E-state index in [1.165, 1.54) is 44.3 Å². The number of benzene rings is 1. The molecule has 2 fully saturated rings. The fourth-order valence-electron chi connectivity index (χ4n) is 3.04. The monoisotopic (exact) mass is 371 g/mol. The lowest BCUT2D eigenvalue weighted by molar-refractivity contribution is -0.0822. The summed E-state index contributed by atoms with van der Waals surface area (Å²) in [4.78, 5) is 2.66. The predicted octanol–water partition coefficient (Wildman–Crippen LogP) is 3.63. The number of piperidine rings is 1. The van der Waals surface area contributed by atoms with Gasteiger partial charge in [-0.2, -0.15) is 0 Å². The zero-order valence-electron chi connectivity index (χ0n) is 11.3. The van der Waals surface area contributed by atoms with Crippen LogP contribution >= 0.6 is 22.6 Å². The third kappa shape index (κ3) is 3.50. The fourth-order valence-corrected chi connectivity index (χ4v) is 3.60. The van der Waals surface area contributed by atoms with Gasteiger partial charge in [-0.25, -0.2) is 0 Å². The third-order valence-electron chi connectivity index (χ3n) is 4.41. The standard InChI is InChI=1S/C16H22INO/c17-14-8-10-18(11-9-14)15-6-7-16(15)19-12-13-4-2-1-3-5-13/h1-5,14-16H,6-12H2. The molecule has 0 amide bonds. The molecule has 1 aromatic rings. The van der Waals surface area contributed by atoms with Crippen LogP contribution in [0, 0.1) is 0 Å². The van der Waals surface area contributed by atoms with Crippen molar-refractivity contribution in [1.82, 2.24) is 4.90 Å². The molecule has 1 saturated heterocycles. The Morgan fingerprint density at radius 2 is 1.79 bits per heavy atom. The highest BCUT2D eigenvalue weighted by atomic mass is 127. The number of hydrogen-bond donors (Lipinski definition) is 0. The van der Waals surface area contributed by atoms with Crippen molar-refractivity contribution in [1.29, 1.82) is 0 Å². The topological polar surface area (TPSA) is 12.5 Å². The van der Waals surface area contributed by atoms with E-state index < -0.39 is 0 Å². The zero-order chi connectivity index (χ0) is 13.1. The Balaban J connectivity index is 1.47. The Bertz CT molecular complexity index is 389. The highest BCUT2D eigenvalue weighted by molar-refractivity contribution is 14.1. The summed E-state index contributed by atoms with van der Waals surface area (Å²) in [6.45, 7) is 3.30. The molecule has 0 radical (unpaired) electrons. The first-order valence-corrected chi connectivity index (χ1v) is 8.61. The van der Waals surface area contributed by atoms with Gasteiger partial charge in [0.1, 0.15) is 0 Å². The molecule has 2 atom stereocenters. The van der Waals surface area contributed by atoms with E-state index in [9.17, 15) is 0 Å². The number of halogens is 1. The summed E-state index contributed by atoms with van der Waals surface area (Å²) in [6.07, 6.45) is 5.73. The van der Waals surface area contributed by atoms with Crippen molar-refractivity contribution in [2.24, 2.45) is 0 Å². The molecule has 1 aliphatic heterocycles. The molecule has 1 saturated carbocycles. The largest absolute Gasteiger partial charge is 0.372 e. The Morgan fingerprint density at radius 1 is 1.05 bits per heavy atom. The van der Waals surface area contributed by atoms with Gasteiger partial charge in [-0.3, -0.25) is 4.90 Å². The first kappa shape index (κ1) is 13.8. The van der Waals surface area contributed by atoms with Crippen molar-refractivity contribution in [3.05, 3.63) is 35.9 Å². The van der Waals surface area contributed by atoms with Crippen molar-refractivity contribution in [3.63, 3.8) is 0 Å². The number of alkyl halides is 1. The zero-order valence-corrected chi connectivity index (χ0v) is 13.5. The Morgan fingerprint density at radius 3 is 2.42 bits per heavy atom. The molecule has 1 aromatic carbocycles. The maximum atomic E-state index is 6.11. The molecule has 0 N–H and O–H groups in total. The van der Waals surface area contributed by atoms with E-state index in [0.717, 1.165) is 10.5 Å². The van der Waals surface area contributed by atoms with Gasteiger partial charge < -0.3 is 4.74 Å². The second kappa shape index (κ2) is 6.55. The van der Waals surface area contributed by atoms with Gasteiger partial charge in [-0.15, -0.1) is 0 Å². The van der Waals surface area contributed by atoms with Gasteiger partial charge in [0.2, 0.25) is 0 Å². The first-order chi connectivity index (χ1) is 9.33. The fraction of sp³-hybridized carbons (Fsp3) is 0.625. The van der Waals surface area contributed by atoms with Crippen LogP contribution in [0.3, 0.4) is 0 Å². The minimum absolute atomic E-state index is 0.464. The lowest BCUT2D eigenvalue weighted by atomic mass is 9.86. The smallest absolute Gasteiger partial charge is 0.0735 e. The summed E-state index contributed by atoms with van der Waals surface area (Å²) in [5.41, 5.74) is 1.29. The van der Waals surface area contributed by atoms with Crippen molar-refractivity contribution >= 4 is 22.6 Å². The number of hydrogen-bond acceptors (Lipinski definition) is 2. The van der Waals surface area contributed by atoms with Crippen LogP contribution in [0.1, 0.15) is 31.2 Å². The first-order valence-electron chi connectivity index (χ1n) is 7.36. The Kier molecular flexibility index (Phi) is 4.77. The summed E-state index contributed by atoms with van der Waals surface area (Å²) in [5, 5.41) is 0. The minimum atomic E-state index is 0.464. The van der Waals surface area contributed by atoms with Crippen LogP contribution in [0.2, 0.25) is 0 Å². The van der Waals surface area contributed by atoms with Crippen LogP contribution in [0.15, 0.2) is 30.3 Å². The molecule has 3 heteroatoms. The van der Waals surface area contributed by atoms with Crippen LogP contribution in [0.4, 0.5) is 0 Å². The van der Waals surface area contributed by atoms with Gasteiger partial charge in [0.15, 0.2) is 0 Å². The van der Waals surface area contributed by atoms with Gasteiger partial charge >= 0.3 is 0 Å². The third-order valence-corrected chi connectivity index (χ3v) is 5.66. The van der Waals surface area contributed by atoms with Gasteiger partial charge in [0.25, 0.3) is 0 Å². The molecule has 0 spiro atoms. The highest BCUT2D eigenvalue weighted by Crippen LogP contribution is 2.32.